The second kappa shape index (κ2) is 7.38. The van der Waals surface area contributed by atoms with Crippen molar-refractivity contribution in [3.8, 4) is 5.88 Å². The van der Waals surface area contributed by atoms with Gasteiger partial charge in [0, 0.05) is 18.8 Å². The zero-order chi connectivity index (χ0) is 16.1. The van der Waals surface area contributed by atoms with Gasteiger partial charge in [-0.15, -0.1) is 0 Å². The van der Waals surface area contributed by atoms with Crippen LogP contribution in [-0.4, -0.2) is 39.8 Å². The molecule has 0 aromatic carbocycles. The van der Waals surface area contributed by atoms with Crippen LogP contribution in [0.15, 0.2) is 29.2 Å². The fraction of sp³-hybridized carbons (Fsp3) is 0.500. The van der Waals surface area contributed by atoms with Crippen LogP contribution >= 0.6 is 0 Å². The predicted molar refractivity (Wildman–Crippen MR) is 85.5 cm³/mol. The van der Waals surface area contributed by atoms with E-state index in [4.69, 9.17) is 4.74 Å². The normalized spacial score (nSPS) is 12.8. The van der Waals surface area contributed by atoms with Crippen molar-refractivity contribution in [2.24, 2.45) is 0 Å². The van der Waals surface area contributed by atoms with Crippen LogP contribution in [0.25, 0.3) is 5.65 Å². The van der Waals surface area contributed by atoms with E-state index in [2.05, 4.69) is 10.3 Å². The van der Waals surface area contributed by atoms with Gasteiger partial charge in [0.05, 0.1) is 5.56 Å². The van der Waals surface area contributed by atoms with E-state index in [1.165, 1.54) is 4.40 Å². The molecule has 2 N–H and O–H groups in total. The summed E-state index contributed by atoms with van der Waals surface area (Å²) in [4.78, 5) is 16.8. The number of hydrogen-bond acceptors (Lipinski definition) is 5. The monoisotopic (exact) mass is 305 g/mol. The first-order valence-corrected chi connectivity index (χ1v) is 7.57. The Morgan fingerprint density at radius 3 is 2.86 bits per heavy atom. The average molecular weight is 305 g/mol. The highest BCUT2D eigenvalue weighted by molar-refractivity contribution is 5.42. The molecule has 0 aliphatic heterocycles. The van der Waals surface area contributed by atoms with Crippen molar-refractivity contribution in [2.45, 2.75) is 39.3 Å². The molecule has 2 heterocycles. The number of fused-ring (bicyclic) bond motifs is 1. The van der Waals surface area contributed by atoms with Crippen LogP contribution in [-0.2, 0) is 6.42 Å². The van der Waals surface area contributed by atoms with Gasteiger partial charge >= 0.3 is 0 Å². The molecule has 2 aromatic heterocycles. The van der Waals surface area contributed by atoms with Crippen LogP contribution in [0.2, 0.25) is 0 Å². The van der Waals surface area contributed by atoms with E-state index >= 15 is 0 Å². The Kier molecular flexibility index (Phi) is 5.51. The molecular formula is C16H23N3O3. The largest absolute Gasteiger partial charge is 0.474 e. The molecule has 0 radical (unpaired) electrons. The van der Waals surface area contributed by atoms with Gasteiger partial charge in [-0.25, -0.2) is 0 Å². The van der Waals surface area contributed by atoms with Crippen molar-refractivity contribution < 1.29 is 9.84 Å². The quantitative estimate of drug-likeness (QED) is 0.798. The van der Waals surface area contributed by atoms with E-state index in [0.29, 0.717) is 36.1 Å². The predicted octanol–water partition coefficient (Wildman–Crippen LogP) is 0.995. The number of nitrogens with one attached hydrogen (secondary N) is 1. The van der Waals surface area contributed by atoms with Crippen LogP contribution in [0, 0.1) is 0 Å². The van der Waals surface area contributed by atoms with Gasteiger partial charge in [-0.2, -0.15) is 4.98 Å². The molecule has 2 rings (SSSR count). The highest BCUT2D eigenvalue weighted by Crippen LogP contribution is 2.14. The maximum Gasteiger partial charge on any atom is 0.264 e. The average Bonchev–Trinajstić information content (AvgIpc) is 2.51. The molecule has 2 aromatic rings. The number of pyridine rings is 1. The summed E-state index contributed by atoms with van der Waals surface area (Å²) in [6.45, 7) is 6.44. The Morgan fingerprint density at radius 2 is 2.18 bits per heavy atom. The number of rotatable bonds is 7. The number of aliphatic hydroxyl groups is 1. The molecule has 0 saturated carbocycles. The number of aromatic nitrogens is 2. The Morgan fingerprint density at radius 1 is 1.41 bits per heavy atom. The van der Waals surface area contributed by atoms with Gasteiger partial charge in [-0.3, -0.25) is 9.20 Å². The molecule has 0 amide bonds. The molecular weight excluding hydrogens is 282 g/mol. The standard InChI is InChI=1S/C16H23N3O3/c1-4-13-15(22-10-12(20)9-17-11(2)3)18-14-7-5-6-8-19(14)16(13)21/h5-8,11-12,17,20H,4,9-10H2,1-3H3. The lowest BCUT2D eigenvalue weighted by Gasteiger charge is -2.16. The van der Waals surface area contributed by atoms with Gasteiger partial charge < -0.3 is 15.2 Å². The molecule has 6 nitrogen and oxygen atoms in total. The zero-order valence-electron chi connectivity index (χ0n) is 13.2. The van der Waals surface area contributed by atoms with Crippen molar-refractivity contribution in [3.05, 3.63) is 40.3 Å². The van der Waals surface area contributed by atoms with E-state index in [1.807, 2.05) is 26.8 Å². The highest BCUT2D eigenvalue weighted by atomic mass is 16.5. The summed E-state index contributed by atoms with van der Waals surface area (Å²) < 4.78 is 7.10. The minimum Gasteiger partial charge on any atom is -0.474 e. The molecule has 0 aliphatic rings. The maximum atomic E-state index is 12.4. The van der Waals surface area contributed by atoms with E-state index < -0.39 is 6.10 Å². The van der Waals surface area contributed by atoms with Gasteiger partial charge in [0.15, 0.2) is 0 Å². The third-order valence-corrected chi connectivity index (χ3v) is 3.32. The van der Waals surface area contributed by atoms with Gasteiger partial charge in [0.25, 0.3) is 5.56 Å². The van der Waals surface area contributed by atoms with E-state index in [-0.39, 0.29) is 12.2 Å². The number of aliphatic hydroxyl groups excluding tert-OH is 1. The first-order chi connectivity index (χ1) is 10.5. The fourth-order valence-corrected chi connectivity index (χ4v) is 2.13. The van der Waals surface area contributed by atoms with Crippen LogP contribution in [0.5, 0.6) is 5.88 Å². The van der Waals surface area contributed by atoms with Crippen molar-refractivity contribution >= 4 is 5.65 Å². The van der Waals surface area contributed by atoms with Crippen LogP contribution in [0.4, 0.5) is 0 Å². The molecule has 22 heavy (non-hydrogen) atoms. The van der Waals surface area contributed by atoms with Gasteiger partial charge in [0.1, 0.15) is 18.4 Å². The first kappa shape index (κ1) is 16.5. The maximum absolute atomic E-state index is 12.4. The summed E-state index contributed by atoms with van der Waals surface area (Å²) in [6, 6.07) is 5.66. The summed E-state index contributed by atoms with van der Waals surface area (Å²) in [5.41, 5.74) is 0.931. The smallest absolute Gasteiger partial charge is 0.264 e. The highest BCUT2D eigenvalue weighted by Gasteiger charge is 2.14. The minimum absolute atomic E-state index is 0.0994. The summed E-state index contributed by atoms with van der Waals surface area (Å²) in [6.07, 6.45) is 1.57. The molecule has 120 valence electrons. The topological polar surface area (TPSA) is 75.9 Å². The van der Waals surface area contributed by atoms with Gasteiger partial charge in [0.2, 0.25) is 5.88 Å². The Bertz CT molecular complexity index is 682. The van der Waals surface area contributed by atoms with Crippen LogP contribution in [0.3, 0.4) is 0 Å². The molecule has 1 unspecified atom stereocenters. The third-order valence-electron chi connectivity index (χ3n) is 3.32. The Balaban J connectivity index is 2.18. The second-order valence-corrected chi connectivity index (χ2v) is 5.51. The number of nitrogens with zero attached hydrogens (tertiary/aromatic N) is 2. The number of ether oxygens (including phenoxy) is 1. The second-order valence-electron chi connectivity index (χ2n) is 5.51. The molecule has 0 spiro atoms. The van der Waals surface area contributed by atoms with E-state index in [0.717, 1.165) is 0 Å². The Hall–Kier alpha value is -1.92. The first-order valence-electron chi connectivity index (χ1n) is 7.57. The summed E-state index contributed by atoms with van der Waals surface area (Å²) in [5, 5.41) is 13.0. The van der Waals surface area contributed by atoms with E-state index in [1.54, 1.807) is 18.3 Å². The fourth-order valence-electron chi connectivity index (χ4n) is 2.13. The number of hydrogen-bond donors (Lipinski definition) is 2. The van der Waals surface area contributed by atoms with Crippen molar-refractivity contribution in [1.82, 2.24) is 14.7 Å². The summed E-state index contributed by atoms with van der Waals surface area (Å²) in [5.74, 6) is 0.308. The summed E-state index contributed by atoms with van der Waals surface area (Å²) in [7, 11) is 0. The zero-order valence-corrected chi connectivity index (χ0v) is 13.2. The van der Waals surface area contributed by atoms with Gasteiger partial charge in [-0.1, -0.05) is 26.8 Å². The van der Waals surface area contributed by atoms with Crippen molar-refractivity contribution in [3.63, 3.8) is 0 Å². The molecule has 6 heteroatoms. The molecule has 0 fully saturated rings. The minimum atomic E-state index is -0.650. The van der Waals surface area contributed by atoms with Gasteiger partial charge in [-0.05, 0) is 18.6 Å². The van der Waals surface area contributed by atoms with Crippen molar-refractivity contribution in [1.29, 1.82) is 0 Å². The lowest BCUT2D eigenvalue weighted by Crippen LogP contribution is -2.35. The van der Waals surface area contributed by atoms with Crippen LogP contribution in [0.1, 0.15) is 26.3 Å². The van der Waals surface area contributed by atoms with Crippen LogP contribution < -0.4 is 15.6 Å². The van der Waals surface area contributed by atoms with E-state index in [9.17, 15) is 9.90 Å². The molecule has 0 aliphatic carbocycles. The summed E-state index contributed by atoms with van der Waals surface area (Å²) >= 11 is 0. The lowest BCUT2D eigenvalue weighted by molar-refractivity contribution is 0.101. The molecule has 0 saturated heterocycles. The molecule has 0 bridgehead atoms. The SMILES string of the molecule is CCc1c(OCC(O)CNC(C)C)nc2ccccn2c1=O. The van der Waals surface area contributed by atoms with Crippen molar-refractivity contribution in [2.75, 3.05) is 13.2 Å². The third kappa shape index (κ3) is 3.84. The lowest BCUT2D eigenvalue weighted by atomic mass is 10.2. The molecule has 1 atom stereocenters. The Labute approximate surface area is 129 Å².